The van der Waals surface area contributed by atoms with Crippen molar-refractivity contribution in [2.45, 2.75) is 13.0 Å². The lowest BCUT2D eigenvalue weighted by molar-refractivity contribution is -0.705. The van der Waals surface area contributed by atoms with E-state index in [0.29, 0.717) is 5.75 Å². The number of nitro groups is 1. The molecule has 0 saturated heterocycles. The number of pyridine rings is 1. The minimum Gasteiger partial charge on any atom is -0.495 e. The maximum absolute atomic E-state index is 12.8. The van der Waals surface area contributed by atoms with Gasteiger partial charge < -0.3 is 10.1 Å². The SMILES string of the molecule is COc1ccc([N+](=O)[O-])cc1NC(=O)[C@H](C)[n+]1cccc(-c2ccccc2)c1. The van der Waals surface area contributed by atoms with Crippen molar-refractivity contribution in [3.63, 3.8) is 0 Å². The number of nitrogens with zero attached hydrogens (tertiary/aromatic N) is 2. The van der Waals surface area contributed by atoms with Gasteiger partial charge in [-0.1, -0.05) is 30.3 Å². The molecule has 7 heteroatoms. The number of benzene rings is 2. The molecule has 0 aliphatic heterocycles. The Morgan fingerprint density at radius 2 is 1.82 bits per heavy atom. The quantitative estimate of drug-likeness (QED) is 0.402. The molecule has 0 unspecified atom stereocenters. The van der Waals surface area contributed by atoms with Crippen LogP contribution < -0.4 is 14.6 Å². The number of methoxy groups -OCH3 is 1. The van der Waals surface area contributed by atoms with Crippen molar-refractivity contribution in [3.8, 4) is 16.9 Å². The molecule has 0 bridgehead atoms. The average Bonchev–Trinajstić information content (AvgIpc) is 2.73. The second kappa shape index (κ2) is 8.30. The van der Waals surface area contributed by atoms with E-state index in [9.17, 15) is 14.9 Å². The van der Waals surface area contributed by atoms with Crippen molar-refractivity contribution >= 4 is 17.3 Å². The van der Waals surface area contributed by atoms with Gasteiger partial charge in [-0.2, -0.15) is 4.57 Å². The molecule has 28 heavy (non-hydrogen) atoms. The minimum atomic E-state index is -0.535. The number of anilines is 1. The molecular formula is C21H20N3O4+. The van der Waals surface area contributed by atoms with Gasteiger partial charge in [0.25, 0.3) is 11.6 Å². The first-order valence-corrected chi connectivity index (χ1v) is 8.69. The molecule has 0 radical (unpaired) electrons. The van der Waals surface area contributed by atoms with E-state index in [2.05, 4.69) is 5.32 Å². The fraction of sp³-hybridized carbons (Fsp3) is 0.143. The molecule has 1 aromatic heterocycles. The predicted molar refractivity (Wildman–Crippen MR) is 105 cm³/mol. The van der Waals surface area contributed by atoms with Crippen LogP contribution in [0.4, 0.5) is 11.4 Å². The smallest absolute Gasteiger partial charge is 0.293 e. The summed E-state index contributed by atoms with van der Waals surface area (Å²) in [4.78, 5) is 23.2. The molecule has 0 aliphatic rings. The van der Waals surface area contributed by atoms with Crippen LogP contribution in [0.2, 0.25) is 0 Å². The summed E-state index contributed by atoms with van der Waals surface area (Å²) in [6.07, 6.45) is 3.70. The lowest BCUT2D eigenvalue weighted by Crippen LogP contribution is -2.44. The Hall–Kier alpha value is -3.74. The summed E-state index contributed by atoms with van der Waals surface area (Å²) in [5.41, 5.74) is 2.16. The van der Waals surface area contributed by atoms with E-state index in [1.54, 1.807) is 17.7 Å². The monoisotopic (exact) mass is 378 g/mol. The molecule has 1 N–H and O–H groups in total. The standard InChI is InChI=1S/C21H19N3O4/c1-15(23-12-6-9-17(14-23)16-7-4-3-5-8-16)21(25)22-19-13-18(24(26)27)10-11-20(19)28-2/h3-15H,1-2H3/p+1/t15-/m0/s1. The zero-order valence-corrected chi connectivity index (χ0v) is 15.5. The predicted octanol–water partition coefficient (Wildman–Crippen LogP) is 3.76. The maximum atomic E-state index is 12.8. The molecule has 7 nitrogen and oxygen atoms in total. The van der Waals surface area contributed by atoms with E-state index in [-0.39, 0.29) is 17.3 Å². The number of hydrogen-bond donors (Lipinski definition) is 1. The van der Waals surface area contributed by atoms with Crippen molar-refractivity contribution in [1.82, 2.24) is 0 Å². The van der Waals surface area contributed by atoms with Crippen molar-refractivity contribution < 1.29 is 19.0 Å². The second-order valence-corrected chi connectivity index (χ2v) is 6.21. The van der Waals surface area contributed by atoms with Crippen molar-refractivity contribution in [3.05, 3.63) is 83.2 Å². The topological polar surface area (TPSA) is 85.3 Å². The Morgan fingerprint density at radius 1 is 1.11 bits per heavy atom. The fourth-order valence-electron chi connectivity index (χ4n) is 2.81. The van der Waals surface area contributed by atoms with Gasteiger partial charge in [0, 0.05) is 30.7 Å². The Kier molecular flexibility index (Phi) is 5.64. The lowest BCUT2D eigenvalue weighted by Gasteiger charge is -2.12. The molecule has 3 rings (SSSR count). The molecule has 142 valence electrons. The van der Waals surface area contributed by atoms with E-state index in [1.165, 1.54) is 25.3 Å². The molecule has 1 amide bonds. The molecule has 0 saturated carbocycles. The van der Waals surface area contributed by atoms with Gasteiger partial charge in [-0.25, -0.2) is 0 Å². The Bertz CT molecular complexity index is 1010. The molecule has 0 spiro atoms. The molecule has 2 aromatic carbocycles. The first kappa shape index (κ1) is 19.0. The highest BCUT2D eigenvalue weighted by atomic mass is 16.6. The van der Waals surface area contributed by atoms with E-state index >= 15 is 0 Å². The van der Waals surface area contributed by atoms with Crippen LogP contribution in [0.3, 0.4) is 0 Å². The first-order chi connectivity index (χ1) is 13.5. The summed E-state index contributed by atoms with van der Waals surface area (Å²) in [6.45, 7) is 1.76. The van der Waals surface area contributed by atoms with Crippen LogP contribution in [0, 0.1) is 10.1 Å². The largest absolute Gasteiger partial charge is 0.495 e. The van der Waals surface area contributed by atoms with Gasteiger partial charge >= 0.3 is 0 Å². The normalized spacial score (nSPS) is 11.5. The molecule has 1 heterocycles. The highest BCUT2D eigenvalue weighted by molar-refractivity contribution is 5.94. The summed E-state index contributed by atoms with van der Waals surface area (Å²) in [5.74, 6) is 0.0446. The third-order valence-electron chi connectivity index (χ3n) is 4.41. The minimum absolute atomic E-state index is 0.123. The Balaban J connectivity index is 1.84. The highest BCUT2D eigenvalue weighted by Gasteiger charge is 2.24. The van der Waals surface area contributed by atoms with Crippen LogP contribution in [0.5, 0.6) is 5.75 Å². The van der Waals surface area contributed by atoms with Gasteiger partial charge in [-0.3, -0.25) is 14.9 Å². The zero-order chi connectivity index (χ0) is 20.1. The third kappa shape index (κ3) is 4.15. The molecular weight excluding hydrogens is 358 g/mol. The lowest BCUT2D eigenvalue weighted by atomic mass is 10.1. The number of nitrogens with one attached hydrogen (secondary N) is 1. The van der Waals surface area contributed by atoms with Gasteiger partial charge in [-0.05, 0) is 17.7 Å². The molecule has 0 fully saturated rings. The van der Waals surface area contributed by atoms with Crippen LogP contribution >= 0.6 is 0 Å². The van der Waals surface area contributed by atoms with Gasteiger partial charge in [0.2, 0.25) is 6.04 Å². The number of aromatic nitrogens is 1. The van der Waals surface area contributed by atoms with Gasteiger partial charge in [-0.15, -0.1) is 0 Å². The summed E-state index contributed by atoms with van der Waals surface area (Å²) in [6, 6.07) is 17.2. The number of rotatable bonds is 6. The van der Waals surface area contributed by atoms with Crippen LogP contribution in [0.25, 0.3) is 11.1 Å². The zero-order valence-electron chi connectivity index (χ0n) is 15.5. The van der Waals surface area contributed by atoms with E-state index < -0.39 is 11.0 Å². The number of nitro benzene ring substituents is 1. The third-order valence-corrected chi connectivity index (χ3v) is 4.41. The number of ether oxygens (including phenoxy) is 1. The summed E-state index contributed by atoms with van der Waals surface area (Å²) in [7, 11) is 1.44. The first-order valence-electron chi connectivity index (χ1n) is 8.69. The van der Waals surface area contributed by atoms with Crippen LogP contribution in [0.15, 0.2) is 73.1 Å². The van der Waals surface area contributed by atoms with Gasteiger partial charge in [0.1, 0.15) is 5.75 Å². The summed E-state index contributed by atoms with van der Waals surface area (Å²) < 4.78 is 6.99. The number of carbonyl (C=O) groups excluding carboxylic acids is 1. The molecule has 3 aromatic rings. The molecule has 1 atom stereocenters. The van der Waals surface area contributed by atoms with Crippen molar-refractivity contribution in [2.75, 3.05) is 12.4 Å². The number of carbonyl (C=O) groups is 1. The second-order valence-electron chi connectivity index (χ2n) is 6.21. The van der Waals surface area contributed by atoms with Crippen LogP contribution in [0.1, 0.15) is 13.0 Å². The van der Waals surface area contributed by atoms with Crippen molar-refractivity contribution in [2.24, 2.45) is 0 Å². The Labute approximate surface area is 162 Å². The average molecular weight is 378 g/mol. The number of hydrogen-bond acceptors (Lipinski definition) is 4. The van der Waals surface area contributed by atoms with Crippen LogP contribution in [-0.2, 0) is 4.79 Å². The van der Waals surface area contributed by atoms with E-state index in [0.717, 1.165) is 11.1 Å². The summed E-state index contributed by atoms with van der Waals surface area (Å²) in [5, 5.41) is 13.7. The highest BCUT2D eigenvalue weighted by Crippen LogP contribution is 2.29. The van der Waals surface area contributed by atoms with Gasteiger partial charge in [0.15, 0.2) is 12.4 Å². The maximum Gasteiger partial charge on any atom is 0.293 e. The number of amides is 1. The van der Waals surface area contributed by atoms with Gasteiger partial charge in [0.05, 0.1) is 17.7 Å². The summed E-state index contributed by atoms with van der Waals surface area (Å²) >= 11 is 0. The van der Waals surface area contributed by atoms with Crippen molar-refractivity contribution in [1.29, 1.82) is 0 Å². The molecule has 0 aliphatic carbocycles. The van der Waals surface area contributed by atoms with E-state index in [4.69, 9.17) is 4.74 Å². The Morgan fingerprint density at radius 3 is 2.50 bits per heavy atom. The number of non-ortho nitro benzene ring substituents is 1. The fourth-order valence-corrected chi connectivity index (χ4v) is 2.81. The van der Waals surface area contributed by atoms with E-state index in [1.807, 2.05) is 48.7 Å². The van der Waals surface area contributed by atoms with Crippen LogP contribution in [-0.4, -0.2) is 17.9 Å².